The number of rotatable bonds is 45. The zero-order valence-corrected chi connectivity index (χ0v) is 45.6. The normalized spacial score (nSPS) is 12.0. The zero-order valence-electron chi connectivity index (χ0n) is 45.6. The van der Waals surface area contributed by atoms with Gasteiger partial charge in [0.25, 0.3) is 0 Å². The first-order valence-corrected chi connectivity index (χ1v) is 28.3. The Hall–Kier alpha value is -2.89. The summed E-state index contributed by atoms with van der Waals surface area (Å²) in [5.41, 5.74) is -1.42. The molecule has 0 saturated heterocycles. The molecule has 0 aromatic heterocycles. The summed E-state index contributed by atoms with van der Waals surface area (Å²) < 4.78 is 22.6. The number of amides is 2. The van der Waals surface area contributed by atoms with Crippen LogP contribution >= 0.6 is 0 Å². The van der Waals surface area contributed by atoms with Gasteiger partial charge in [-0.25, -0.2) is 9.59 Å². The maximum Gasteiger partial charge on any atom is 0.414 e. The molecule has 3 N–H and O–H groups in total. The molecule has 0 unspecified atom stereocenters. The van der Waals surface area contributed by atoms with Crippen molar-refractivity contribution in [1.82, 2.24) is 16.0 Å². The fraction of sp³-hybridized carbons (Fsp3) is 0.911. The lowest BCUT2D eigenvalue weighted by Gasteiger charge is -2.25. The summed E-state index contributed by atoms with van der Waals surface area (Å²) in [6, 6.07) is 0. The third-order valence-corrected chi connectivity index (χ3v) is 12.2. The first kappa shape index (κ1) is 65.1. The van der Waals surface area contributed by atoms with E-state index < -0.39 is 23.4 Å². The summed E-state index contributed by atoms with van der Waals surface area (Å²) in [4.78, 5) is 54.8. The number of aliphatic imine (C=N–C) groups is 1. The number of carbonyl (C=O) groups excluding carboxylic acids is 4. The second-order valence-corrected chi connectivity index (χ2v) is 20.9. The highest BCUT2D eigenvalue weighted by molar-refractivity contribution is 6.01. The molecular formula is C56H108N4O8. The summed E-state index contributed by atoms with van der Waals surface area (Å²) >= 11 is 0. The second kappa shape index (κ2) is 45.3. The summed E-state index contributed by atoms with van der Waals surface area (Å²) in [6.45, 7) is 18.4. The molecule has 0 aliphatic heterocycles. The van der Waals surface area contributed by atoms with Crippen LogP contribution in [0.5, 0.6) is 0 Å². The van der Waals surface area contributed by atoms with E-state index in [-0.39, 0.29) is 24.0 Å². The van der Waals surface area contributed by atoms with Crippen LogP contribution in [0.15, 0.2) is 4.99 Å². The van der Waals surface area contributed by atoms with E-state index in [1.165, 1.54) is 96.3 Å². The van der Waals surface area contributed by atoms with E-state index >= 15 is 0 Å². The molecule has 0 aromatic rings. The Bertz CT molecular complexity index is 1240. The van der Waals surface area contributed by atoms with Crippen molar-refractivity contribution in [3.8, 4) is 0 Å². The summed E-state index contributed by atoms with van der Waals surface area (Å²) in [6.07, 6.45) is 37.7. The minimum Gasteiger partial charge on any atom is -0.466 e. The number of esters is 2. The Balaban J connectivity index is 4.43. The van der Waals surface area contributed by atoms with Gasteiger partial charge >= 0.3 is 24.1 Å². The van der Waals surface area contributed by atoms with E-state index in [0.29, 0.717) is 38.8 Å². The topological polar surface area (TPSA) is 154 Å². The van der Waals surface area contributed by atoms with Crippen LogP contribution in [0.1, 0.15) is 287 Å². The Morgan fingerprint density at radius 3 is 1.43 bits per heavy atom. The zero-order chi connectivity index (χ0) is 50.4. The van der Waals surface area contributed by atoms with E-state index in [4.69, 9.17) is 18.9 Å². The van der Waals surface area contributed by atoms with Gasteiger partial charge < -0.3 is 24.3 Å². The van der Waals surface area contributed by atoms with Crippen molar-refractivity contribution in [3.05, 3.63) is 0 Å². The molecular weight excluding hydrogens is 857 g/mol. The molecule has 0 rings (SSSR count). The number of hydrogen-bond donors (Lipinski definition) is 3. The van der Waals surface area contributed by atoms with Crippen molar-refractivity contribution in [1.29, 1.82) is 0 Å². The van der Waals surface area contributed by atoms with Crippen molar-refractivity contribution in [2.24, 2.45) is 4.99 Å². The number of ether oxygens (including phenoxy) is 4. The van der Waals surface area contributed by atoms with E-state index in [2.05, 4.69) is 41.7 Å². The molecule has 0 bridgehead atoms. The van der Waals surface area contributed by atoms with Crippen LogP contribution in [0.25, 0.3) is 0 Å². The molecule has 12 heteroatoms. The summed E-state index contributed by atoms with van der Waals surface area (Å²) in [7, 11) is 0. The standard InChI is InChI=1S/C56H108N4O8/c1-9-12-15-18-23-31-38-48-65-50(61)42-34-27-21-22-29-36-44-56(7,8)68-54(64)60-52(59-53(63)67-55(4,5)6)58-47-39-46-57-45-37-30-24-28-35-43-51(62)66-49(40-32-25-19-16-13-10-2)41-33-26-20-17-14-11-3/h49,57H,9-48H2,1-8H3,(H2,58,59,60,63,64). The maximum absolute atomic E-state index is 13.0. The highest BCUT2D eigenvalue weighted by Crippen LogP contribution is 2.21. The lowest BCUT2D eigenvalue weighted by Crippen LogP contribution is -2.47. The van der Waals surface area contributed by atoms with Crippen LogP contribution in [0, 0.1) is 0 Å². The monoisotopic (exact) mass is 965 g/mol. The first-order valence-electron chi connectivity index (χ1n) is 28.3. The smallest absolute Gasteiger partial charge is 0.414 e. The van der Waals surface area contributed by atoms with Crippen LogP contribution < -0.4 is 16.0 Å². The van der Waals surface area contributed by atoms with E-state index in [1.54, 1.807) is 20.8 Å². The van der Waals surface area contributed by atoms with Gasteiger partial charge in [-0.15, -0.1) is 0 Å². The molecule has 0 heterocycles. The van der Waals surface area contributed by atoms with Crippen molar-refractivity contribution in [3.63, 3.8) is 0 Å². The molecule has 0 atom stereocenters. The Morgan fingerprint density at radius 1 is 0.471 bits per heavy atom. The fourth-order valence-corrected chi connectivity index (χ4v) is 8.16. The number of carbonyl (C=O) groups is 4. The van der Waals surface area contributed by atoms with Gasteiger partial charge in [0.2, 0.25) is 5.96 Å². The number of guanidine groups is 1. The van der Waals surface area contributed by atoms with Crippen molar-refractivity contribution < 1.29 is 38.1 Å². The van der Waals surface area contributed by atoms with Crippen LogP contribution in [-0.4, -0.2) is 73.6 Å². The number of nitrogens with zero attached hydrogens (tertiary/aromatic N) is 1. The summed E-state index contributed by atoms with van der Waals surface area (Å²) in [5, 5.41) is 8.67. The predicted octanol–water partition coefficient (Wildman–Crippen LogP) is 15.5. The molecule has 68 heavy (non-hydrogen) atoms. The number of unbranched alkanes of at least 4 members (excludes halogenated alkanes) is 25. The Morgan fingerprint density at radius 2 is 0.897 bits per heavy atom. The lowest BCUT2D eigenvalue weighted by atomic mass is 9.99. The van der Waals surface area contributed by atoms with Gasteiger partial charge in [0.1, 0.15) is 17.3 Å². The highest BCUT2D eigenvalue weighted by Gasteiger charge is 2.25. The Labute approximate surface area is 417 Å². The SMILES string of the molecule is CCCCCCCCCOC(=O)CCCCCCCCC(C)(C)OC(=O)N/C(=N/CCCNCCCCCCCC(=O)OC(CCCCCCCC)CCCCCCCC)NC(=O)OC(C)(C)C. The van der Waals surface area contributed by atoms with E-state index in [9.17, 15) is 19.2 Å². The van der Waals surface area contributed by atoms with Crippen molar-refractivity contribution in [2.45, 2.75) is 304 Å². The maximum atomic E-state index is 13.0. The first-order chi connectivity index (χ1) is 32.7. The quantitative estimate of drug-likeness (QED) is 0.0178. The molecule has 0 spiro atoms. The molecule has 400 valence electrons. The molecule has 0 aliphatic rings. The number of alkyl carbamates (subject to hydrolysis) is 2. The van der Waals surface area contributed by atoms with Gasteiger partial charge in [-0.05, 0) is 118 Å². The van der Waals surface area contributed by atoms with Gasteiger partial charge in [-0.1, -0.05) is 168 Å². The molecule has 12 nitrogen and oxygen atoms in total. The average Bonchev–Trinajstić information content (AvgIpc) is 3.27. The summed E-state index contributed by atoms with van der Waals surface area (Å²) in [5.74, 6) is -0.106. The lowest BCUT2D eigenvalue weighted by molar-refractivity contribution is -0.150. The van der Waals surface area contributed by atoms with Crippen molar-refractivity contribution >= 4 is 30.1 Å². The minimum absolute atomic E-state index is 0.00301. The van der Waals surface area contributed by atoms with Crippen LogP contribution in [-0.2, 0) is 28.5 Å². The predicted molar refractivity (Wildman–Crippen MR) is 282 cm³/mol. The molecule has 0 radical (unpaired) electrons. The molecule has 0 aliphatic carbocycles. The van der Waals surface area contributed by atoms with Gasteiger partial charge in [0, 0.05) is 19.4 Å². The molecule has 0 saturated carbocycles. The third kappa shape index (κ3) is 46.8. The average molecular weight is 965 g/mol. The molecule has 0 fully saturated rings. The third-order valence-electron chi connectivity index (χ3n) is 12.2. The number of nitrogens with one attached hydrogen (secondary N) is 3. The fourth-order valence-electron chi connectivity index (χ4n) is 8.16. The highest BCUT2D eigenvalue weighted by atomic mass is 16.6. The van der Waals surface area contributed by atoms with Gasteiger partial charge in [-0.2, -0.15) is 0 Å². The molecule has 0 aromatic carbocycles. The van der Waals surface area contributed by atoms with Gasteiger partial charge in [0.15, 0.2) is 0 Å². The van der Waals surface area contributed by atoms with E-state index in [0.717, 1.165) is 122 Å². The second-order valence-electron chi connectivity index (χ2n) is 20.9. The van der Waals surface area contributed by atoms with Crippen LogP contribution in [0.2, 0.25) is 0 Å². The molecule has 2 amide bonds. The largest absolute Gasteiger partial charge is 0.466 e. The van der Waals surface area contributed by atoms with Gasteiger partial charge in [0.05, 0.1) is 6.61 Å². The van der Waals surface area contributed by atoms with Crippen LogP contribution in [0.3, 0.4) is 0 Å². The Kier molecular flexibility index (Phi) is 43.3. The van der Waals surface area contributed by atoms with Crippen LogP contribution in [0.4, 0.5) is 9.59 Å². The number of hydrogen-bond acceptors (Lipinski definition) is 10. The van der Waals surface area contributed by atoms with Gasteiger partial charge in [-0.3, -0.25) is 25.2 Å². The minimum atomic E-state index is -0.713. The van der Waals surface area contributed by atoms with Crippen molar-refractivity contribution in [2.75, 3.05) is 26.2 Å². The van der Waals surface area contributed by atoms with E-state index in [1.807, 2.05) is 13.8 Å².